The Balaban J connectivity index is 4.10. The molecule has 0 aromatic carbocycles. The Labute approximate surface area is 68.3 Å². The highest BCUT2D eigenvalue weighted by molar-refractivity contribution is 8.00. The lowest BCUT2D eigenvalue weighted by atomic mass is 10.0. The molecule has 0 saturated heterocycles. The van der Waals surface area contributed by atoms with Gasteiger partial charge in [0.2, 0.25) is 0 Å². The van der Waals surface area contributed by atoms with E-state index in [2.05, 4.69) is 32.0 Å². The van der Waals surface area contributed by atoms with Gasteiger partial charge in [-0.2, -0.15) is 11.8 Å². The zero-order valence-corrected chi connectivity index (χ0v) is 8.09. The standard InChI is InChI=1S/C8H17NS/c1-6-7(9-4)8(2,3)10-5/h6-7,9H,1H2,2-5H3. The van der Waals surface area contributed by atoms with Gasteiger partial charge >= 0.3 is 0 Å². The molecular formula is C8H17NS. The van der Waals surface area contributed by atoms with E-state index in [-0.39, 0.29) is 4.75 Å². The van der Waals surface area contributed by atoms with Crippen LogP contribution < -0.4 is 5.32 Å². The summed E-state index contributed by atoms with van der Waals surface area (Å²) in [6.07, 6.45) is 4.07. The second-order valence-electron chi connectivity index (χ2n) is 2.81. The van der Waals surface area contributed by atoms with E-state index in [0.717, 1.165) is 0 Å². The van der Waals surface area contributed by atoms with Gasteiger partial charge in [-0.15, -0.1) is 6.58 Å². The quantitative estimate of drug-likeness (QED) is 0.629. The first-order valence-electron chi connectivity index (χ1n) is 3.43. The lowest BCUT2D eigenvalue weighted by Crippen LogP contribution is -2.40. The number of likely N-dealkylation sites (N-methyl/N-ethyl adjacent to an activating group) is 1. The van der Waals surface area contributed by atoms with Gasteiger partial charge in [0.05, 0.1) is 0 Å². The molecule has 0 aromatic rings. The van der Waals surface area contributed by atoms with Crippen molar-refractivity contribution in [2.45, 2.75) is 24.6 Å². The Morgan fingerprint density at radius 1 is 1.60 bits per heavy atom. The molecule has 0 saturated carbocycles. The topological polar surface area (TPSA) is 12.0 Å². The normalized spacial score (nSPS) is 14.8. The molecule has 0 fully saturated rings. The predicted molar refractivity (Wildman–Crippen MR) is 50.6 cm³/mol. The van der Waals surface area contributed by atoms with Crippen LogP contribution in [-0.4, -0.2) is 24.1 Å². The van der Waals surface area contributed by atoms with Crippen molar-refractivity contribution >= 4 is 11.8 Å². The third kappa shape index (κ3) is 2.35. The molecule has 60 valence electrons. The summed E-state index contributed by atoms with van der Waals surface area (Å²) in [5.41, 5.74) is 0. The molecule has 10 heavy (non-hydrogen) atoms. The Hall–Kier alpha value is 0.0500. The Kier molecular flexibility index (Phi) is 4.06. The molecule has 0 aromatic heterocycles. The first-order valence-corrected chi connectivity index (χ1v) is 4.66. The molecule has 1 atom stereocenters. The molecule has 0 aliphatic heterocycles. The van der Waals surface area contributed by atoms with Crippen molar-refractivity contribution in [1.29, 1.82) is 0 Å². The highest BCUT2D eigenvalue weighted by Gasteiger charge is 2.23. The minimum atomic E-state index is 0.247. The number of hydrogen-bond donors (Lipinski definition) is 1. The third-order valence-electron chi connectivity index (χ3n) is 1.82. The van der Waals surface area contributed by atoms with E-state index in [4.69, 9.17) is 0 Å². The number of nitrogens with one attached hydrogen (secondary N) is 1. The fraction of sp³-hybridized carbons (Fsp3) is 0.750. The van der Waals surface area contributed by atoms with Crippen LogP contribution in [0.4, 0.5) is 0 Å². The van der Waals surface area contributed by atoms with E-state index in [1.165, 1.54) is 0 Å². The molecule has 1 unspecified atom stereocenters. The minimum absolute atomic E-state index is 0.247. The van der Waals surface area contributed by atoms with Gasteiger partial charge in [-0.05, 0) is 27.2 Å². The van der Waals surface area contributed by atoms with Crippen LogP contribution in [0.3, 0.4) is 0 Å². The highest BCUT2D eigenvalue weighted by Crippen LogP contribution is 2.25. The Bertz CT molecular complexity index is 110. The summed E-state index contributed by atoms with van der Waals surface area (Å²) in [5, 5.41) is 3.20. The van der Waals surface area contributed by atoms with E-state index < -0.39 is 0 Å². The van der Waals surface area contributed by atoms with Crippen LogP contribution in [0.15, 0.2) is 12.7 Å². The second-order valence-corrected chi connectivity index (χ2v) is 4.27. The number of hydrogen-bond acceptors (Lipinski definition) is 2. The van der Waals surface area contributed by atoms with E-state index in [1.807, 2.05) is 24.9 Å². The molecule has 0 rings (SSSR count). The zero-order valence-electron chi connectivity index (χ0n) is 7.27. The molecule has 1 nitrogen and oxygen atoms in total. The first-order chi connectivity index (χ1) is 4.58. The summed E-state index contributed by atoms with van der Waals surface area (Å²) in [5.74, 6) is 0. The van der Waals surface area contributed by atoms with Gasteiger partial charge in [-0.25, -0.2) is 0 Å². The van der Waals surface area contributed by atoms with Gasteiger partial charge in [0.25, 0.3) is 0 Å². The summed E-state index contributed by atoms with van der Waals surface area (Å²) in [4.78, 5) is 0. The first kappa shape index (κ1) is 10.0. The van der Waals surface area contributed by atoms with Crippen molar-refractivity contribution in [2.24, 2.45) is 0 Å². The van der Waals surface area contributed by atoms with Crippen LogP contribution in [0.25, 0.3) is 0 Å². The number of rotatable bonds is 4. The van der Waals surface area contributed by atoms with Crippen LogP contribution in [0.1, 0.15) is 13.8 Å². The van der Waals surface area contributed by atoms with Crippen molar-refractivity contribution in [3.05, 3.63) is 12.7 Å². The van der Waals surface area contributed by atoms with Crippen LogP contribution in [0.5, 0.6) is 0 Å². The smallest absolute Gasteiger partial charge is 0.0388 e. The maximum Gasteiger partial charge on any atom is 0.0388 e. The molecule has 1 N–H and O–H groups in total. The second kappa shape index (κ2) is 4.04. The maximum atomic E-state index is 3.77. The van der Waals surface area contributed by atoms with Crippen molar-refractivity contribution < 1.29 is 0 Å². The summed E-state index contributed by atoms with van der Waals surface area (Å²) >= 11 is 1.85. The third-order valence-corrected chi connectivity index (χ3v) is 3.13. The largest absolute Gasteiger partial charge is 0.312 e. The maximum absolute atomic E-state index is 3.77. The molecule has 0 radical (unpaired) electrons. The fourth-order valence-electron chi connectivity index (χ4n) is 0.876. The molecule has 0 amide bonds. The molecule has 2 heteroatoms. The van der Waals surface area contributed by atoms with Crippen LogP contribution >= 0.6 is 11.8 Å². The zero-order chi connectivity index (χ0) is 8.20. The van der Waals surface area contributed by atoms with Gasteiger partial charge in [-0.3, -0.25) is 0 Å². The lowest BCUT2D eigenvalue weighted by Gasteiger charge is -2.29. The lowest BCUT2D eigenvalue weighted by molar-refractivity contribution is 0.543. The average Bonchev–Trinajstić information content (AvgIpc) is 1.90. The summed E-state index contributed by atoms with van der Waals surface area (Å²) in [6, 6.07) is 0.391. The van der Waals surface area contributed by atoms with E-state index in [9.17, 15) is 0 Å². The van der Waals surface area contributed by atoms with Gasteiger partial charge in [0.1, 0.15) is 0 Å². The minimum Gasteiger partial charge on any atom is -0.312 e. The van der Waals surface area contributed by atoms with Gasteiger partial charge < -0.3 is 5.32 Å². The molecule has 0 aliphatic carbocycles. The highest BCUT2D eigenvalue weighted by atomic mass is 32.2. The average molecular weight is 159 g/mol. The van der Waals surface area contributed by atoms with Gasteiger partial charge in [0, 0.05) is 10.8 Å². The Morgan fingerprint density at radius 2 is 2.10 bits per heavy atom. The van der Waals surface area contributed by atoms with E-state index in [0.29, 0.717) is 6.04 Å². The summed E-state index contributed by atoms with van der Waals surface area (Å²) in [7, 11) is 1.96. The molecule has 0 bridgehead atoms. The molecule has 0 aliphatic rings. The monoisotopic (exact) mass is 159 g/mol. The summed E-state index contributed by atoms with van der Waals surface area (Å²) in [6.45, 7) is 8.19. The Morgan fingerprint density at radius 3 is 2.20 bits per heavy atom. The van der Waals surface area contributed by atoms with Crippen LogP contribution in [0.2, 0.25) is 0 Å². The van der Waals surface area contributed by atoms with Crippen molar-refractivity contribution in [2.75, 3.05) is 13.3 Å². The van der Waals surface area contributed by atoms with Gasteiger partial charge in [-0.1, -0.05) is 6.08 Å². The SMILES string of the molecule is C=CC(NC)C(C)(C)SC. The van der Waals surface area contributed by atoms with E-state index >= 15 is 0 Å². The predicted octanol–water partition coefficient (Wildman–Crippen LogP) is 1.90. The van der Waals surface area contributed by atoms with Gasteiger partial charge in [0.15, 0.2) is 0 Å². The van der Waals surface area contributed by atoms with E-state index in [1.54, 1.807) is 0 Å². The molecule has 0 spiro atoms. The molecule has 0 heterocycles. The number of thioether (sulfide) groups is 1. The van der Waals surface area contributed by atoms with Crippen molar-refractivity contribution in [3.8, 4) is 0 Å². The summed E-state index contributed by atoms with van der Waals surface area (Å²) < 4.78 is 0.247. The van der Waals surface area contributed by atoms with Crippen LogP contribution in [-0.2, 0) is 0 Å². The molecular weight excluding hydrogens is 142 g/mol. The fourth-order valence-corrected chi connectivity index (χ4v) is 1.34. The van der Waals surface area contributed by atoms with Crippen molar-refractivity contribution in [1.82, 2.24) is 5.32 Å². The van der Waals surface area contributed by atoms with Crippen LogP contribution in [0, 0.1) is 0 Å². The van der Waals surface area contributed by atoms with Crippen molar-refractivity contribution in [3.63, 3.8) is 0 Å².